The van der Waals surface area contributed by atoms with Crippen LogP contribution in [-0.4, -0.2) is 129 Å². The largest absolute Gasteiger partial charge is 0.480 e. The summed E-state index contributed by atoms with van der Waals surface area (Å²) in [5, 5.41) is 26.1. The quantitative estimate of drug-likeness (QED) is 0.0523. The average Bonchev–Trinajstić information content (AvgIpc) is 3.98. The zero-order valence-corrected chi connectivity index (χ0v) is 34.0. The molecule has 0 saturated carbocycles. The number of primary amides is 1. The van der Waals surface area contributed by atoms with Crippen LogP contribution < -0.4 is 43.4 Å². The maximum Gasteiger partial charge on any atom is 0.326 e. The van der Waals surface area contributed by atoms with Gasteiger partial charge in [-0.2, -0.15) is 0 Å². The van der Waals surface area contributed by atoms with Crippen molar-refractivity contribution >= 4 is 47.3 Å². The highest BCUT2D eigenvalue weighted by molar-refractivity contribution is 5.97. The first kappa shape index (κ1) is 47.3. The molecule has 20 nitrogen and oxygen atoms in total. The normalized spacial score (nSPS) is 19.1. The van der Waals surface area contributed by atoms with E-state index in [0.717, 1.165) is 6.42 Å². The Balaban J connectivity index is 1.77. The third-order valence-corrected chi connectivity index (χ3v) is 10.3. The number of rotatable bonds is 24. The van der Waals surface area contributed by atoms with Crippen LogP contribution in [0, 0.1) is 11.8 Å². The Morgan fingerprint density at radius 2 is 1.53 bits per heavy atom. The summed E-state index contributed by atoms with van der Waals surface area (Å²) in [7, 11) is 0. The number of carboxylic acids is 1. The minimum atomic E-state index is -1.34. The summed E-state index contributed by atoms with van der Waals surface area (Å²) < 4.78 is 0. The van der Waals surface area contributed by atoms with Crippen LogP contribution in [0.3, 0.4) is 0 Å². The Bertz CT molecular complexity index is 1570. The van der Waals surface area contributed by atoms with Gasteiger partial charge in [-0.15, -0.1) is 0 Å². The number of nitrogens with zero attached hydrogens (tertiary/aromatic N) is 2. The van der Waals surface area contributed by atoms with E-state index in [2.05, 4.69) is 41.9 Å². The predicted molar refractivity (Wildman–Crippen MR) is 211 cm³/mol. The standard InChI is InChI=1S/C38H63N11O9/c1-21(2)17-28(38(57)58)47-33(52)25(12-13-30(40)50)44-36(55)31(22(3)4)48-35(54)29-11-8-16-49(29)37(56)26(9-5-6-14-39)45-34(53)27(18-23-19-41-20-43-23)46-32(51)24-10-7-15-42-24/h19-22,24-29,31,42H,5-18,39H2,1-4H3,(H2,40,50)(H,41,43)(H,44,55)(H,45,53)(H,46,51)(H,47,52)(H,48,54)(H,57,58)/t24-,25-,26-,27-,28-,29-,31-/m0/s1. The van der Waals surface area contributed by atoms with Gasteiger partial charge in [0.1, 0.15) is 36.3 Å². The summed E-state index contributed by atoms with van der Waals surface area (Å²) in [6.45, 7) is 8.18. The molecule has 1 aromatic rings. The van der Waals surface area contributed by atoms with Gasteiger partial charge in [0.2, 0.25) is 41.4 Å². The van der Waals surface area contributed by atoms with Crippen LogP contribution in [0.25, 0.3) is 0 Å². The van der Waals surface area contributed by atoms with Crippen molar-refractivity contribution in [3.05, 3.63) is 18.2 Å². The zero-order chi connectivity index (χ0) is 42.9. The fourth-order valence-corrected chi connectivity index (χ4v) is 7.10. The number of amides is 7. The lowest BCUT2D eigenvalue weighted by atomic mass is 10.0. The summed E-state index contributed by atoms with van der Waals surface area (Å²) >= 11 is 0. The van der Waals surface area contributed by atoms with E-state index in [-0.39, 0.29) is 56.9 Å². The molecular weight excluding hydrogens is 754 g/mol. The summed E-state index contributed by atoms with van der Waals surface area (Å²) in [4.78, 5) is 114. The molecule has 1 aromatic heterocycles. The minimum Gasteiger partial charge on any atom is -0.480 e. The Morgan fingerprint density at radius 1 is 0.845 bits per heavy atom. The predicted octanol–water partition coefficient (Wildman–Crippen LogP) is -1.70. The van der Waals surface area contributed by atoms with Crippen molar-refractivity contribution in [3.8, 4) is 0 Å². The molecule has 0 aromatic carbocycles. The van der Waals surface area contributed by atoms with Crippen molar-refractivity contribution < 1.29 is 43.5 Å². The Kier molecular flexibility index (Phi) is 19.0. The molecule has 7 atom stereocenters. The van der Waals surface area contributed by atoms with Crippen LogP contribution in [0.1, 0.15) is 97.6 Å². The number of carbonyl (C=O) groups excluding carboxylic acids is 7. The minimum absolute atomic E-state index is 0.0729. The third kappa shape index (κ3) is 14.7. The summed E-state index contributed by atoms with van der Waals surface area (Å²) in [6, 6.07) is -7.32. The average molecular weight is 818 g/mol. The molecule has 0 radical (unpaired) electrons. The van der Waals surface area contributed by atoms with Crippen molar-refractivity contribution in [2.45, 2.75) is 141 Å². The first-order chi connectivity index (χ1) is 27.5. The van der Waals surface area contributed by atoms with E-state index in [4.69, 9.17) is 11.5 Å². The second-order valence-corrected chi connectivity index (χ2v) is 15.9. The van der Waals surface area contributed by atoms with Crippen LogP contribution in [0.5, 0.6) is 0 Å². The Hall–Kier alpha value is -5.11. The van der Waals surface area contributed by atoms with Gasteiger partial charge >= 0.3 is 5.97 Å². The van der Waals surface area contributed by atoms with Gasteiger partial charge in [0, 0.05) is 31.3 Å². The van der Waals surface area contributed by atoms with Crippen molar-refractivity contribution in [1.29, 1.82) is 0 Å². The molecule has 20 heteroatoms. The van der Waals surface area contributed by atoms with Gasteiger partial charge < -0.3 is 58.4 Å². The molecule has 7 amide bonds. The first-order valence-electron chi connectivity index (χ1n) is 20.3. The topological polar surface area (TPSA) is 313 Å². The van der Waals surface area contributed by atoms with Gasteiger partial charge in [-0.3, -0.25) is 33.6 Å². The second kappa shape index (κ2) is 23.3. The number of aliphatic carboxylic acids is 1. The molecule has 2 aliphatic heterocycles. The van der Waals surface area contributed by atoms with Crippen LogP contribution in [0.4, 0.5) is 0 Å². The number of aromatic nitrogens is 2. The van der Waals surface area contributed by atoms with E-state index >= 15 is 0 Å². The number of imidazole rings is 1. The van der Waals surface area contributed by atoms with Crippen molar-refractivity contribution in [2.24, 2.45) is 23.3 Å². The van der Waals surface area contributed by atoms with Crippen LogP contribution in [0.15, 0.2) is 12.5 Å². The molecule has 324 valence electrons. The molecule has 58 heavy (non-hydrogen) atoms. The van der Waals surface area contributed by atoms with Gasteiger partial charge in [0.05, 0.1) is 12.4 Å². The SMILES string of the molecule is CC(C)C[C@H](NC(=O)[C@H](CCC(N)=O)NC(=O)[C@@H](NC(=O)[C@@H]1CCCN1C(=O)[C@H](CCCCN)NC(=O)[C@H](Cc1cnc[nH]1)NC(=O)[C@@H]1CCCN1)C(C)C)C(=O)O. The summed E-state index contributed by atoms with van der Waals surface area (Å²) in [5.74, 6) is -6.21. The molecule has 0 bridgehead atoms. The fourth-order valence-electron chi connectivity index (χ4n) is 7.10. The number of H-pyrrole nitrogens is 1. The number of nitrogens with two attached hydrogens (primary N) is 2. The van der Waals surface area contributed by atoms with Crippen molar-refractivity contribution in [2.75, 3.05) is 19.6 Å². The maximum atomic E-state index is 14.2. The van der Waals surface area contributed by atoms with Crippen LogP contribution >= 0.6 is 0 Å². The Morgan fingerprint density at radius 3 is 2.12 bits per heavy atom. The number of likely N-dealkylation sites (tertiary alicyclic amines) is 1. The van der Waals surface area contributed by atoms with Gasteiger partial charge in [-0.25, -0.2) is 9.78 Å². The maximum absolute atomic E-state index is 14.2. The monoisotopic (exact) mass is 817 g/mol. The van der Waals surface area contributed by atoms with Gasteiger partial charge in [-0.05, 0) is 82.7 Å². The number of unbranched alkanes of at least 4 members (excludes halogenated alkanes) is 1. The lowest BCUT2D eigenvalue weighted by Crippen LogP contribution is -2.60. The highest BCUT2D eigenvalue weighted by Crippen LogP contribution is 2.21. The van der Waals surface area contributed by atoms with E-state index < -0.39 is 89.6 Å². The molecule has 0 aliphatic carbocycles. The molecule has 2 fully saturated rings. The van der Waals surface area contributed by atoms with Crippen LogP contribution in [-0.2, 0) is 44.8 Å². The molecule has 2 aliphatic rings. The number of aromatic amines is 1. The molecular formula is C38H63N11O9. The second-order valence-electron chi connectivity index (χ2n) is 15.9. The van der Waals surface area contributed by atoms with E-state index in [1.807, 2.05) is 0 Å². The van der Waals surface area contributed by atoms with E-state index in [0.29, 0.717) is 44.5 Å². The highest BCUT2D eigenvalue weighted by Gasteiger charge is 2.40. The number of carboxylic acid groups (broad SMARTS) is 1. The molecule has 12 N–H and O–H groups in total. The first-order valence-corrected chi connectivity index (χ1v) is 20.3. The number of nitrogens with one attached hydrogen (secondary N) is 7. The van der Waals surface area contributed by atoms with Crippen molar-refractivity contribution in [1.82, 2.24) is 46.8 Å². The van der Waals surface area contributed by atoms with Crippen molar-refractivity contribution in [3.63, 3.8) is 0 Å². The van der Waals surface area contributed by atoms with E-state index in [1.54, 1.807) is 33.9 Å². The smallest absolute Gasteiger partial charge is 0.326 e. The van der Waals surface area contributed by atoms with E-state index in [1.165, 1.54) is 11.2 Å². The molecule has 3 heterocycles. The van der Waals surface area contributed by atoms with Gasteiger partial charge in [0.25, 0.3) is 0 Å². The lowest BCUT2D eigenvalue weighted by molar-refractivity contribution is -0.143. The number of hydrogen-bond acceptors (Lipinski definition) is 11. The van der Waals surface area contributed by atoms with Crippen LogP contribution in [0.2, 0.25) is 0 Å². The molecule has 2 saturated heterocycles. The lowest BCUT2D eigenvalue weighted by Gasteiger charge is -2.31. The van der Waals surface area contributed by atoms with Gasteiger partial charge in [0.15, 0.2) is 0 Å². The molecule has 3 rings (SSSR count). The summed E-state index contributed by atoms with van der Waals surface area (Å²) in [5.41, 5.74) is 11.7. The van der Waals surface area contributed by atoms with Gasteiger partial charge in [-0.1, -0.05) is 27.7 Å². The fraction of sp³-hybridized carbons (Fsp3) is 0.711. The Labute approximate surface area is 338 Å². The zero-order valence-electron chi connectivity index (χ0n) is 34.0. The number of carbonyl (C=O) groups is 8. The molecule has 0 spiro atoms. The highest BCUT2D eigenvalue weighted by atomic mass is 16.4. The molecule has 0 unspecified atom stereocenters. The van der Waals surface area contributed by atoms with E-state index in [9.17, 15) is 43.5 Å². The third-order valence-electron chi connectivity index (χ3n) is 10.3. The summed E-state index contributed by atoms with van der Waals surface area (Å²) in [6.07, 6.45) is 6.18. The number of hydrogen-bond donors (Lipinski definition) is 10.